The van der Waals surface area contributed by atoms with Gasteiger partial charge >= 0.3 is 5.69 Å². The molecule has 1 aliphatic heterocycles. The van der Waals surface area contributed by atoms with Crippen LogP contribution in [-0.4, -0.2) is 51.9 Å². The maximum Gasteiger partial charge on any atom is 0.332 e. The molecule has 0 unspecified atom stereocenters. The van der Waals surface area contributed by atoms with Gasteiger partial charge in [-0.1, -0.05) is 50.1 Å². The van der Waals surface area contributed by atoms with Crippen LogP contribution in [0.4, 0.5) is 5.82 Å². The molecule has 0 atom stereocenters. The third-order valence-corrected chi connectivity index (χ3v) is 6.45. The van der Waals surface area contributed by atoms with E-state index >= 15 is 0 Å². The van der Waals surface area contributed by atoms with Crippen molar-refractivity contribution in [1.29, 1.82) is 0 Å². The Morgan fingerprint density at radius 2 is 1.76 bits per heavy atom. The molecule has 184 valence electrons. The van der Waals surface area contributed by atoms with Crippen LogP contribution in [0.2, 0.25) is 0 Å². The zero-order chi connectivity index (χ0) is 24.7. The molecule has 1 fully saturated rings. The topological polar surface area (TPSA) is 119 Å². The lowest BCUT2D eigenvalue weighted by Gasteiger charge is -2.30. The first-order valence-electron chi connectivity index (χ1n) is 12.0. The van der Waals surface area contributed by atoms with Gasteiger partial charge in [-0.25, -0.2) is 4.79 Å². The van der Waals surface area contributed by atoms with E-state index in [1.807, 2.05) is 35.2 Å². The van der Waals surface area contributed by atoms with Crippen molar-refractivity contribution in [3.63, 3.8) is 0 Å². The number of anilines is 1. The third-order valence-electron chi connectivity index (χ3n) is 6.45. The first-order valence-corrected chi connectivity index (χ1v) is 12.0. The molecule has 34 heavy (non-hydrogen) atoms. The Kier molecular flexibility index (Phi) is 8.81. The number of carbonyl (C=O) groups excluding carboxylic acids is 2. The summed E-state index contributed by atoms with van der Waals surface area (Å²) in [5, 5.41) is 3.00. The molecule has 1 aromatic heterocycles. The average Bonchev–Trinajstić information content (AvgIpc) is 2.84. The molecule has 0 bridgehead atoms. The zero-order valence-corrected chi connectivity index (χ0v) is 20.1. The minimum Gasteiger partial charge on any atom is -0.384 e. The summed E-state index contributed by atoms with van der Waals surface area (Å²) in [4.78, 5) is 52.9. The largest absolute Gasteiger partial charge is 0.384 e. The predicted octanol–water partition coefficient (Wildman–Crippen LogP) is 1.38. The highest BCUT2D eigenvalue weighted by atomic mass is 16.2. The summed E-state index contributed by atoms with van der Waals surface area (Å²) < 4.78 is 2.20. The smallest absolute Gasteiger partial charge is 0.332 e. The highest BCUT2D eigenvalue weighted by molar-refractivity contribution is 6.01. The van der Waals surface area contributed by atoms with Crippen LogP contribution in [0.3, 0.4) is 0 Å². The molecule has 0 saturated carbocycles. The number of ketones is 1. The minimum absolute atomic E-state index is 0.0216. The Morgan fingerprint density at radius 3 is 2.41 bits per heavy atom. The summed E-state index contributed by atoms with van der Waals surface area (Å²) in [6.45, 7) is 4.19. The molecular weight excluding hydrogens is 434 g/mol. The summed E-state index contributed by atoms with van der Waals surface area (Å²) in [5.41, 5.74) is 5.63. The molecule has 1 amide bonds. The van der Waals surface area contributed by atoms with Crippen molar-refractivity contribution in [3.8, 4) is 0 Å². The lowest BCUT2D eigenvalue weighted by molar-refractivity contribution is -0.126. The Labute approximate surface area is 199 Å². The minimum atomic E-state index is -0.682. The van der Waals surface area contributed by atoms with Gasteiger partial charge in [0.2, 0.25) is 5.91 Å². The van der Waals surface area contributed by atoms with E-state index in [-0.39, 0.29) is 36.3 Å². The summed E-state index contributed by atoms with van der Waals surface area (Å²) in [6.07, 6.45) is 4.52. The highest BCUT2D eigenvalue weighted by Gasteiger charge is 2.28. The van der Waals surface area contributed by atoms with Crippen molar-refractivity contribution in [1.82, 2.24) is 19.4 Å². The molecule has 0 aliphatic carbocycles. The number of nitrogens with zero attached hydrogens (tertiary/aromatic N) is 3. The van der Waals surface area contributed by atoms with Gasteiger partial charge in [0.05, 0.1) is 13.1 Å². The van der Waals surface area contributed by atoms with E-state index in [2.05, 4.69) is 12.2 Å². The number of Topliss-reactive ketones (excluding diaryl/α,β-unsaturated/α-hetero) is 1. The van der Waals surface area contributed by atoms with Crippen LogP contribution in [0.1, 0.15) is 54.9 Å². The molecule has 9 heteroatoms. The van der Waals surface area contributed by atoms with Crippen molar-refractivity contribution in [2.45, 2.75) is 45.6 Å². The van der Waals surface area contributed by atoms with Crippen molar-refractivity contribution in [3.05, 3.63) is 62.3 Å². The number of hydrogen-bond donors (Lipinski definition) is 2. The van der Waals surface area contributed by atoms with Gasteiger partial charge in [-0.15, -0.1) is 0 Å². The first kappa shape index (κ1) is 25.4. The second kappa shape index (κ2) is 11.8. The van der Waals surface area contributed by atoms with E-state index in [1.54, 1.807) is 0 Å². The van der Waals surface area contributed by atoms with E-state index in [1.165, 1.54) is 11.6 Å². The number of nitrogens with two attached hydrogens (primary N) is 1. The quantitative estimate of drug-likeness (QED) is 0.401. The number of benzene rings is 1. The third kappa shape index (κ3) is 6.02. The molecule has 0 spiro atoms. The molecule has 3 rings (SSSR count). The van der Waals surface area contributed by atoms with Crippen molar-refractivity contribution in [2.75, 3.05) is 31.9 Å². The lowest BCUT2D eigenvalue weighted by Crippen LogP contribution is -2.46. The fraction of sp³-hybridized carbons (Fsp3) is 0.520. The van der Waals surface area contributed by atoms with Gasteiger partial charge in [0.25, 0.3) is 5.56 Å². The zero-order valence-electron chi connectivity index (χ0n) is 20.1. The van der Waals surface area contributed by atoms with Crippen LogP contribution in [0, 0.1) is 5.92 Å². The number of piperidine rings is 1. The van der Waals surface area contributed by atoms with Gasteiger partial charge in [0.15, 0.2) is 5.78 Å². The van der Waals surface area contributed by atoms with E-state index in [0.29, 0.717) is 32.5 Å². The molecule has 9 nitrogen and oxygen atoms in total. The number of rotatable bonds is 10. The normalized spacial score (nSPS) is 14.8. The van der Waals surface area contributed by atoms with Crippen LogP contribution in [0.25, 0.3) is 0 Å². The average molecular weight is 470 g/mol. The number of likely N-dealkylation sites (tertiary alicyclic amines) is 1. The van der Waals surface area contributed by atoms with Crippen LogP contribution < -0.4 is 22.3 Å². The van der Waals surface area contributed by atoms with Crippen molar-refractivity contribution < 1.29 is 9.59 Å². The Hall–Kier alpha value is -3.20. The SMILES string of the molecule is CCCCCNC(=O)C1CCN(CC(=O)c2c(N)n(Cc3ccccc3)c(=O)n(C)c2=O)CC1. The molecule has 1 aromatic carbocycles. The lowest BCUT2D eigenvalue weighted by atomic mass is 9.95. The predicted molar refractivity (Wildman–Crippen MR) is 132 cm³/mol. The molecule has 3 N–H and O–H groups in total. The molecule has 2 heterocycles. The Balaban J connectivity index is 1.67. The van der Waals surface area contributed by atoms with Crippen molar-refractivity contribution >= 4 is 17.5 Å². The van der Waals surface area contributed by atoms with Crippen LogP contribution in [0.15, 0.2) is 39.9 Å². The number of aromatic nitrogens is 2. The summed E-state index contributed by atoms with van der Waals surface area (Å²) in [5.74, 6) is -0.502. The Morgan fingerprint density at radius 1 is 1.09 bits per heavy atom. The van der Waals surface area contributed by atoms with Gasteiger partial charge in [-0.05, 0) is 37.9 Å². The van der Waals surface area contributed by atoms with Gasteiger partial charge in [-0.3, -0.25) is 28.4 Å². The number of amides is 1. The van der Waals surface area contributed by atoms with E-state index < -0.39 is 17.0 Å². The number of carbonyl (C=O) groups is 2. The van der Waals surface area contributed by atoms with Gasteiger partial charge in [0.1, 0.15) is 11.4 Å². The molecule has 0 radical (unpaired) electrons. The fourth-order valence-corrected chi connectivity index (χ4v) is 4.33. The van der Waals surface area contributed by atoms with Crippen LogP contribution in [0.5, 0.6) is 0 Å². The molecule has 1 saturated heterocycles. The first-order chi connectivity index (χ1) is 16.3. The second-order valence-electron chi connectivity index (χ2n) is 8.95. The van der Waals surface area contributed by atoms with E-state index in [9.17, 15) is 19.2 Å². The number of hydrogen-bond acceptors (Lipinski definition) is 6. The second-order valence-corrected chi connectivity index (χ2v) is 8.95. The van der Waals surface area contributed by atoms with E-state index in [0.717, 1.165) is 29.4 Å². The molecular formula is C25H35N5O4. The standard InChI is InChI=1S/C25H35N5O4/c1-3-4-8-13-27-23(32)19-11-14-29(15-12-19)17-20(31)21-22(26)30(25(34)28(2)24(21)33)16-18-9-6-5-7-10-18/h5-7,9-10,19H,3-4,8,11-17,26H2,1-2H3,(H,27,32). The summed E-state index contributed by atoms with van der Waals surface area (Å²) >= 11 is 0. The van der Waals surface area contributed by atoms with Gasteiger partial charge < -0.3 is 11.1 Å². The molecule has 2 aromatic rings. The van der Waals surface area contributed by atoms with Gasteiger partial charge in [-0.2, -0.15) is 0 Å². The van der Waals surface area contributed by atoms with Gasteiger partial charge in [0, 0.05) is 19.5 Å². The summed E-state index contributed by atoms with van der Waals surface area (Å²) in [7, 11) is 1.35. The van der Waals surface area contributed by atoms with Crippen LogP contribution in [-0.2, 0) is 18.4 Å². The fourth-order valence-electron chi connectivity index (χ4n) is 4.33. The maximum atomic E-state index is 13.1. The van der Waals surface area contributed by atoms with Crippen molar-refractivity contribution in [2.24, 2.45) is 13.0 Å². The highest BCUT2D eigenvalue weighted by Crippen LogP contribution is 2.18. The number of nitrogen functional groups attached to an aromatic ring is 1. The molecule has 1 aliphatic rings. The monoisotopic (exact) mass is 469 g/mol. The number of nitrogens with one attached hydrogen (secondary N) is 1. The maximum absolute atomic E-state index is 13.1. The van der Waals surface area contributed by atoms with Crippen LogP contribution >= 0.6 is 0 Å². The van der Waals surface area contributed by atoms with E-state index in [4.69, 9.17) is 5.73 Å². The Bertz CT molecular complexity index is 1110. The summed E-state index contributed by atoms with van der Waals surface area (Å²) in [6, 6.07) is 9.26. The number of unbranched alkanes of at least 4 members (excludes halogenated alkanes) is 2.